The van der Waals surface area contributed by atoms with Gasteiger partial charge in [-0.15, -0.1) is 0 Å². The Morgan fingerprint density at radius 3 is 2.50 bits per heavy atom. The first-order chi connectivity index (χ1) is 11.6. The summed E-state index contributed by atoms with van der Waals surface area (Å²) in [6.07, 6.45) is 2.21. The number of hydrogen-bond acceptors (Lipinski definition) is 3. The van der Waals surface area contributed by atoms with E-state index < -0.39 is 0 Å². The van der Waals surface area contributed by atoms with Gasteiger partial charge in [-0.2, -0.15) is 0 Å². The topological polar surface area (TPSA) is 40.5 Å². The van der Waals surface area contributed by atoms with Crippen LogP contribution in [-0.4, -0.2) is 23.8 Å². The third-order valence-corrected chi connectivity index (χ3v) is 3.84. The Bertz CT molecular complexity index is 847. The van der Waals surface area contributed by atoms with E-state index in [0.29, 0.717) is 5.56 Å². The number of carbonyl (C=O) groups excluding carboxylic acids is 1. The third kappa shape index (κ3) is 3.43. The van der Waals surface area contributed by atoms with Crippen LogP contribution in [0.4, 0.5) is 0 Å². The lowest BCUT2D eigenvalue weighted by atomic mass is 10.1. The summed E-state index contributed by atoms with van der Waals surface area (Å²) in [5, 5.41) is 1.03. The van der Waals surface area contributed by atoms with Crippen molar-refractivity contribution in [2.24, 2.45) is 0 Å². The van der Waals surface area contributed by atoms with E-state index in [1.165, 1.54) is 12.7 Å². The first-order valence-corrected chi connectivity index (χ1v) is 7.99. The molecule has 0 spiro atoms. The second-order valence-electron chi connectivity index (χ2n) is 6.02. The van der Waals surface area contributed by atoms with Gasteiger partial charge < -0.3 is 14.0 Å². The van der Waals surface area contributed by atoms with Crippen molar-refractivity contribution in [1.29, 1.82) is 0 Å². The van der Waals surface area contributed by atoms with Crippen molar-refractivity contribution in [2.75, 3.05) is 7.11 Å². The molecule has 0 radical (unpaired) electrons. The first kappa shape index (κ1) is 16.1. The monoisotopic (exact) mass is 323 g/mol. The van der Waals surface area contributed by atoms with E-state index >= 15 is 0 Å². The quantitative estimate of drug-likeness (QED) is 0.659. The van der Waals surface area contributed by atoms with Gasteiger partial charge in [0.05, 0.1) is 18.8 Å². The molecule has 0 fully saturated rings. The van der Waals surface area contributed by atoms with E-state index in [0.717, 1.165) is 23.2 Å². The van der Waals surface area contributed by atoms with E-state index in [1.54, 1.807) is 6.07 Å². The minimum absolute atomic E-state index is 0.174. The highest BCUT2D eigenvalue weighted by Crippen LogP contribution is 2.21. The number of rotatable bonds is 5. The van der Waals surface area contributed by atoms with Crippen molar-refractivity contribution in [1.82, 2.24) is 4.57 Å². The first-order valence-electron chi connectivity index (χ1n) is 7.99. The van der Waals surface area contributed by atoms with E-state index in [9.17, 15) is 4.79 Å². The zero-order valence-corrected chi connectivity index (χ0v) is 14.2. The summed E-state index contributed by atoms with van der Waals surface area (Å²) in [5.74, 6) is 0.569. The molecule has 1 heterocycles. The lowest BCUT2D eigenvalue weighted by molar-refractivity contribution is 0.0601. The number of aromatic nitrogens is 1. The van der Waals surface area contributed by atoms with Crippen molar-refractivity contribution in [3.63, 3.8) is 0 Å². The van der Waals surface area contributed by atoms with E-state index in [-0.39, 0.29) is 12.1 Å². The highest BCUT2D eigenvalue weighted by molar-refractivity contribution is 5.94. The summed E-state index contributed by atoms with van der Waals surface area (Å²) in [7, 11) is 1.39. The van der Waals surface area contributed by atoms with Gasteiger partial charge >= 0.3 is 5.97 Å². The molecule has 0 unspecified atom stereocenters. The van der Waals surface area contributed by atoms with Crippen molar-refractivity contribution >= 4 is 16.9 Å². The molecule has 0 saturated carbocycles. The molecule has 0 N–H and O–H groups in total. The van der Waals surface area contributed by atoms with Gasteiger partial charge in [0.2, 0.25) is 0 Å². The van der Waals surface area contributed by atoms with Gasteiger partial charge in [0, 0.05) is 23.6 Å². The molecule has 0 amide bonds. The smallest absolute Gasteiger partial charge is 0.337 e. The number of fused-ring (bicyclic) bond motifs is 1. The lowest BCUT2D eigenvalue weighted by Gasteiger charge is -2.11. The number of esters is 1. The molecule has 0 atom stereocenters. The minimum Gasteiger partial charge on any atom is -0.491 e. The molecular weight excluding hydrogens is 302 g/mol. The SMILES string of the molecule is COC(=O)c1ccc2c(ccn2Cc2ccc(OC(C)C)cc2)c1. The minimum atomic E-state index is -0.314. The Morgan fingerprint density at radius 2 is 1.83 bits per heavy atom. The number of benzene rings is 2. The second-order valence-corrected chi connectivity index (χ2v) is 6.02. The molecule has 0 bridgehead atoms. The molecule has 3 rings (SSSR count). The molecule has 0 aliphatic carbocycles. The summed E-state index contributed by atoms with van der Waals surface area (Å²) in [5.41, 5.74) is 2.85. The summed E-state index contributed by atoms with van der Waals surface area (Å²) in [4.78, 5) is 11.6. The molecule has 1 aromatic heterocycles. The van der Waals surface area contributed by atoms with Crippen LogP contribution in [-0.2, 0) is 11.3 Å². The Labute approximate surface area is 141 Å². The zero-order chi connectivity index (χ0) is 17.1. The molecule has 3 aromatic rings. The second kappa shape index (κ2) is 6.79. The molecular formula is C20H21NO3. The van der Waals surface area contributed by atoms with E-state index in [2.05, 4.69) is 16.7 Å². The summed E-state index contributed by atoms with van der Waals surface area (Å²) < 4.78 is 12.6. The zero-order valence-electron chi connectivity index (χ0n) is 14.2. The Balaban J connectivity index is 1.81. The normalized spacial score (nSPS) is 11.0. The van der Waals surface area contributed by atoms with E-state index in [1.807, 2.05) is 50.4 Å². The highest BCUT2D eigenvalue weighted by Gasteiger charge is 2.08. The summed E-state index contributed by atoms with van der Waals surface area (Å²) >= 11 is 0. The van der Waals surface area contributed by atoms with Gasteiger partial charge in [-0.25, -0.2) is 4.79 Å². The average molecular weight is 323 g/mol. The maximum absolute atomic E-state index is 11.6. The van der Waals surface area contributed by atoms with Gasteiger partial charge in [0.15, 0.2) is 0 Å². The van der Waals surface area contributed by atoms with Gasteiger partial charge in [0.25, 0.3) is 0 Å². The van der Waals surface area contributed by atoms with Crippen LogP contribution in [0, 0.1) is 0 Å². The van der Waals surface area contributed by atoms with Gasteiger partial charge in [-0.1, -0.05) is 12.1 Å². The molecule has 0 aliphatic heterocycles. The molecule has 0 aliphatic rings. The van der Waals surface area contributed by atoms with Gasteiger partial charge in [-0.3, -0.25) is 0 Å². The standard InChI is InChI=1S/C20H21NO3/c1-14(2)24-18-7-4-15(5-8-18)13-21-11-10-16-12-17(20(22)23-3)6-9-19(16)21/h4-12,14H,13H2,1-3H3. The van der Waals surface area contributed by atoms with Crippen molar-refractivity contribution < 1.29 is 14.3 Å². The fourth-order valence-corrected chi connectivity index (χ4v) is 2.73. The van der Waals surface area contributed by atoms with Gasteiger partial charge in [-0.05, 0) is 55.8 Å². The van der Waals surface area contributed by atoms with Crippen LogP contribution < -0.4 is 4.74 Å². The maximum atomic E-state index is 11.6. The molecule has 4 nitrogen and oxygen atoms in total. The summed E-state index contributed by atoms with van der Waals surface area (Å²) in [6, 6.07) is 15.8. The fourth-order valence-electron chi connectivity index (χ4n) is 2.73. The average Bonchev–Trinajstić information content (AvgIpc) is 2.97. The van der Waals surface area contributed by atoms with Crippen molar-refractivity contribution in [3.8, 4) is 5.75 Å². The number of methoxy groups -OCH3 is 1. The fraction of sp³-hybridized carbons (Fsp3) is 0.250. The maximum Gasteiger partial charge on any atom is 0.337 e. The predicted molar refractivity (Wildman–Crippen MR) is 94.6 cm³/mol. The summed E-state index contributed by atoms with van der Waals surface area (Å²) in [6.45, 7) is 4.80. The third-order valence-electron chi connectivity index (χ3n) is 3.84. The highest BCUT2D eigenvalue weighted by atomic mass is 16.5. The number of nitrogens with zero attached hydrogens (tertiary/aromatic N) is 1. The molecule has 124 valence electrons. The largest absolute Gasteiger partial charge is 0.491 e. The Kier molecular flexibility index (Phi) is 4.56. The van der Waals surface area contributed by atoms with Crippen molar-refractivity contribution in [2.45, 2.75) is 26.5 Å². The van der Waals surface area contributed by atoms with E-state index in [4.69, 9.17) is 9.47 Å². The molecule has 4 heteroatoms. The van der Waals surface area contributed by atoms with Crippen LogP contribution in [0.2, 0.25) is 0 Å². The number of ether oxygens (including phenoxy) is 2. The molecule has 24 heavy (non-hydrogen) atoms. The Morgan fingerprint density at radius 1 is 1.08 bits per heavy atom. The van der Waals surface area contributed by atoms with Crippen LogP contribution >= 0.6 is 0 Å². The number of hydrogen-bond donors (Lipinski definition) is 0. The molecule has 0 saturated heterocycles. The predicted octanol–water partition coefficient (Wildman–Crippen LogP) is 4.26. The van der Waals surface area contributed by atoms with Crippen LogP contribution in [0.5, 0.6) is 5.75 Å². The Hall–Kier alpha value is -2.75. The van der Waals surface area contributed by atoms with Crippen LogP contribution in [0.3, 0.4) is 0 Å². The lowest BCUT2D eigenvalue weighted by Crippen LogP contribution is -2.05. The van der Waals surface area contributed by atoms with Crippen molar-refractivity contribution in [3.05, 3.63) is 65.9 Å². The number of carbonyl (C=O) groups is 1. The van der Waals surface area contributed by atoms with Crippen LogP contribution in [0.15, 0.2) is 54.7 Å². The van der Waals surface area contributed by atoms with Gasteiger partial charge in [0.1, 0.15) is 5.75 Å². The molecule has 2 aromatic carbocycles. The van der Waals surface area contributed by atoms with Crippen LogP contribution in [0.1, 0.15) is 29.8 Å². The van der Waals surface area contributed by atoms with Crippen LogP contribution in [0.25, 0.3) is 10.9 Å².